The van der Waals surface area contributed by atoms with Crippen LogP contribution in [0, 0.1) is 0 Å². The van der Waals surface area contributed by atoms with Gasteiger partial charge in [-0.15, -0.1) is 0 Å². The van der Waals surface area contributed by atoms with E-state index in [0.717, 1.165) is 4.48 Å². The molecule has 0 amide bonds. The van der Waals surface area contributed by atoms with Crippen molar-refractivity contribution in [3.8, 4) is 17.2 Å². The Labute approximate surface area is 107 Å². The van der Waals surface area contributed by atoms with Crippen LogP contribution in [0.1, 0.15) is 0 Å². The highest BCUT2D eigenvalue weighted by Gasteiger charge is 2.53. The first-order chi connectivity index (χ1) is 9.17. The van der Waals surface area contributed by atoms with Crippen LogP contribution in [-0.2, 0) is 0 Å². The van der Waals surface area contributed by atoms with Crippen molar-refractivity contribution in [1.82, 2.24) is 0 Å². The van der Waals surface area contributed by atoms with E-state index in [1.165, 1.54) is 6.07 Å². The summed E-state index contributed by atoms with van der Waals surface area (Å²) < 4.78 is 39.6. The van der Waals surface area contributed by atoms with Crippen molar-refractivity contribution in [2.75, 3.05) is 0 Å². The average Bonchev–Trinajstić information content (AvgIpc) is 2.78. The van der Waals surface area contributed by atoms with E-state index in [1.54, 1.807) is 42.5 Å². The summed E-state index contributed by atoms with van der Waals surface area (Å²) in [5.74, 6) is 0.277. The standard InChI is InChI=1S/C13H8BF2NO2/c15-14(16)17-10-6-2-4-8-12(10)18-13(17)9-5-1-3-7-11(9)19-14/h1-8H. The molecule has 2 heterocycles. The Hall–Kier alpha value is -2.37. The van der Waals surface area contributed by atoms with E-state index in [2.05, 4.69) is 0 Å². The number of para-hydroxylation sites is 3. The molecule has 0 unspecified atom stereocenters. The van der Waals surface area contributed by atoms with Gasteiger partial charge in [-0.2, -0.15) is 0 Å². The van der Waals surface area contributed by atoms with Gasteiger partial charge in [0.15, 0.2) is 5.58 Å². The predicted molar refractivity (Wildman–Crippen MR) is 65.8 cm³/mol. The molecule has 19 heavy (non-hydrogen) atoms. The summed E-state index contributed by atoms with van der Waals surface area (Å²) in [5.41, 5.74) is 1.28. The van der Waals surface area contributed by atoms with Gasteiger partial charge in [-0.3, -0.25) is 4.48 Å². The third-order valence-corrected chi connectivity index (χ3v) is 3.24. The van der Waals surface area contributed by atoms with Crippen molar-refractivity contribution in [2.24, 2.45) is 0 Å². The Bertz CT molecular complexity index is 800. The highest BCUT2D eigenvalue weighted by atomic mass is 19.3. The molecule has 6 heteroatoms. The fourth-order valence-corrected chi connectivity index (χ4v) is 2.44. The second-order valence-electron chi connectivity index (χ2n) is 4.42. The van der Waals surface area contributed by atoms with E-state index in [1.807, 2.05) is 0 Å². The number of hydrogen-bond acceptors (Lipinski definition) is 2. The van der Waals surface area contributed by atoms with Crippen LogP contribution in [0.2, 0.25) is 0 Å². The molecule has 0 N–H and O–H groups in total. The molecule has 2 aromatic carbocycles. The molecule has 0 aliphatic carbocycles. The van der Waals surface area contributed by atoms with Crippen LogP contribution in [0.25, 0.3) is 22.6 Å². The Balaban J connectivity index is 2.16. The Morgan fingerprint density at radius 2 is 1.68 bits per heavy atom. The third kappa shape index (κ3) is 1.34. The third-order valence-electron chi connectivity index (χ3n) is 3.24. The highest BCUT2D eigenvalue weighted by molar-refractivity contribution is 6.51. The highest BCUT2D eigenvalue weighted by Crippen LogP contribution is 2.36. The van der Waals surface area contributed by atoms with E-state index in [9.17, 15) is 8.63 Å². The van der Waals surface area contributed by atoms with Crippen LogP contribution in [0.4, 0.5) is 8.63 Å². The minimum Gasteiger partial charge on any atom is -0.599 e. The fourth-order valence-electron chi connectivity index (χ4n) is 2.44. The molecule has 1 aliphatic rings. The Morgan fingerprint density at radius 1 is 0.947 bits per heavy atom. The first-order valence-corrected chi connectivity index (χ1v) is 5.89. The van der Waals surface area contributed by atoms with E-state index in [-0.39, 0.29) is 11.6 Å². The molecule has 0 spiro atoms. The maximum Gasteiger partial charge on any atom is 0.837 e. The number of aromatic nitrogens is 1. The summed E-state index contributed by atoms with van der Waals surface area (Å²) in [6.45, 7) is 0. The largest absolute Gasteiger partial charge is 0.837 e. The Kier molecular flexibility index (Phi) is 1.86. The lowest BCUT2D eigenvalue weighted by Crippen LogP contribution is -2.65. The Morgan fingerprint density at radius 3 is 2.58 bits per heavy atom. The average molecular weight is 259 g/mol. The SMILES string of the molecule is F[B-]1(F)Oc2ccccc2-c2oc3ccccc3[n+]21. The molecular weight excluding hydrogens is 251 g/mol. The number of rotatable bonds is 0. The van der Waals surface area contributed by atoms with Gasteiger partial charge in [-0.1, -0.05) is 24.3 Å². The number of fused-ring (bicyclic) bond motifs is 5. The zero-order valence-electron chi connectivity index (χ0n) is 9.72. The molecular formula is C13H8BF2NO2. The van der Waals surface area contributed by atoms with Crippen LogP contribution in [0.3, 0.4) is 0 Å². The first kappa shape index (κ1) is 10.5. The van der Waals surface area contributed by atoms with Crippen molar-refractivity contribution >= 4 is 18.1 Å². The molecule has 0 saturated carbocycles. The molecule has 0 saturated heterocycles. The van der Waals surface area contributed by atoms with Crippen LogP contribution in [-0.4, -0.2) is 7.04 Å². The molecule has 94 valence electrons. The van der Waals surface area contributed by atoms with E-state index in [4.69, 9.17) is 9.07 Å². The summed E-state index contributed by atoms with van der Waals surface area (Å²) in [6, 6.07) is 13.3. The second kappa shape index (κ2) is 3.35. The molecule has 0 bridgehead atoms. The lowest BCUT2D eigenvalue weighted by atomic mass is 9.99. The van der Waals surface area contributed by atoms with Crippen molar-refractivity contribution < 1.29 is 22.2 Å². The quantitative estimate of drug-likeness (QED) is 0.580. The van der Waals surface area contributed by atoms with Crippen molar-refractivity contribution in [3.63, 3.8) is 0 Å². The van der Waals surface area contributed by atoms with Crippen LogP contribution >= 0.6 is 0 Å². The summed E-state index contributed by atoms with van der Waals surface area (Å²) in [5, 5.41) is 0. The number of hydrogen-bond donors (Lipinski definition) is 0. The zero-order chi connectivity index (χ0) is 13.0. The van der Waals surface area contributed by atoms with Gasteiger partial charge in [0.2, 0.25) is 5.52 Å². The number of halogens is 2. The number of benzene rings is 2. The van der Waals surface area contributed by atoms with Crippen LogP contribution < -0.4 is 9.13 Å². The lowest BCUT2D eigenvalue weighted by molar-refractivity contribution is -0.546. The van der Waals surface area contributed by atoms with Crippen molar-refractivity contribution in [2.45, 2.75) is 0 Å². The molecule has 1 aromatic heterocycles. The van der Waals surface area contributed by atoms with Gasteiger partial charge >= 0.3 is 12.9 Å². The summed E-state index contributed by atoms with van der Waals surface area (Å²) in [6.07, 6.45) is 0. The normalized spacial score (nSPS) is 15.7. The fraction of sp³-hybridized carbons (Fsp3) is 0. The predicted octanol–water partition coefficient (Wildman–Crippen LogP) is 3.00. The maximum absolute atomic E-state index is 14.2. The number of oxazole rings is 1. The van der Waals surface area contributed by atoms with Gasteiger partial charge in [0.25, 0.3) is 0 Å². The van der Waals surface area contributed by atoms with Gasteiger partial charge in [0, 0.05) is 6.07 Å². The lowest BCUT2D eigenvalue weighted by Gasteiger charge is -2.25. The second-order valence-corrected chi connectivity index (χ2v) is 4.42. The molecule has 0 atom stereocenters. The van der Waals surface area contributed by atoms with Gasteiger partial charge in [-0.05, 0) is 18.2 Å². The van der Waals surface area contributed by atoms with E-state index < -0.39 is 7.04 Å². The molecule has 3 nitrogen and oxygen atoms in total. The smallest absolute Gasteiger partial charge is 0.599 e. The molecule has 0 fully saturated rings. The number of nitrogens with zero attached hydrogens (tertiary/aromatic N) is 1. The first-order valence-electron chi connectivity index (χ1n) is 5.89. The van der Waals surface area contributed by atoms with Crippen molar-refractivity contribution in [3.05, 3.63) is 48.5 Å². The summed E-state index contributed by atoms with van der Waals surface area (Å²) in [7, 11) is -4.18. The molecule has 4 rings (SSSR count). The van der Waals surface area contributed by atoms with Gasteiger partial charge < -0.3 is 17.7 Å². The van der Waals surface area contributed by atoms with Gasteiger partial charge in [-0.25, -0.2) is 0 Å². The summed E-state index contributed by atoms with van der Waals surface area (Å²) in [4.78, 5) is 0. The molecule has 0 radical (unpaired) electrons. The maximum atomic E-state index is 14.2. The summed E-state index contributed by atoms with van der Waals surface area (Å²) >= 11 is 0. The van der Waals surface area contributed by atoms with Crippen molar-refractivity contribution in [1.29, 1.82) is 0 Å². The van der Waals surface area contributed by atoms with Gasteiger partial charge in [0.05, 0.1) is 5.75 Å². The minimum absolute atomic E-state index is 0.132. The monoisotopic (exact) mass is 259 g/mol. The van der Waals surface area contributed by atoms with Gasteiger partial charge in [0.1, 0.15) is 5.56 Å². The van der Waals surface area contributed by atoms with E-state index >= 15 is 0 Å². The van der Waals surface area contributed by atoms with Crippen LogP contribution in [0.5, 0.6) is 5.75 Å². The molecule has 1 aliphatic heterocycles. The minimum atomic E-state index is -4.18. The van der Waals surface area contributed by atoms with E-state index in [0.29, 0.717) is 16.7 Å². The van der Waals surface area contributed by atoms with Crippen LogP contribution in [0.15, 0.2) is 52.9 Å². The topological polar surface area (TPSA) is 26.2 Å². The molecule has 3 aromatic rings. The zero-order valence-corrected chi connectivity index (χ0v) is 9.72.